The van der Waals surface area contributed by atoms with Gasteiger partial charge in [-0.05, 0) is 52.6 Å². The Morgan fingerprint density at radius 2 is 1.65 bits per heavy atom. The van der Waals surface area contributed by atoms with Gasteiger partial charge in [0.05, 0.1) is 0 Å². The number of fused-ring (bicyclic) bond motifs is 1. The van der Waals surface area contributed by atoms with E-state index in [0.29, 0.717) is 10.6 Å². The van der Waals surface area contributed by atoms with Crippen LogP contribution >= 0.6 is 11.3 Å². The van der Waals surface area contributed by atoms with Crippen LogP contribution in [0.15, 0.2) is 78.9 Å². The van der Waals surface area contributed by atoms with Crippen molar-refractivity contribution in [1.29, 1.82) is 0 Å². The van der Waals surface area contributed by atoms with E-state index in [0.717, 1.165) is 22.4 Å². The number of aryl methyl sites for hydroxylation is 1. The summed E-state index contributed by atoms with van der Waals surface area (Å²) in [6.45, 7) is 2.05. The van der Waals surface area contributed by atoms with Gasteiger partial charge in [-0.2, -0.15) is 0 Å². The molecule has 3 heteroatoms. The molecule has 0 saturated carbocycles. The number of thiophene rings is 1. The molecule has 0 atom stereocenters. The van der Waals surface area contributed by atoms with Gasteiger partial charge in [-0.1, -0.05) is 61.5 Å². The maximum Gasteiger partial charge on any atom is 0.353 e. The monoisotopic (exact) mass is 358 g/mol. The van der Waals surface area contributed by atoms with Crippen molar-refractivity contribution in [1.82, 2.24) is 0 Å². The largest absolute Gasteiger partial charge is 0.422 e. The predicted molar refractivity (Wildman–Crippen MR) is 108 cm³/mol. The maximum absolute atomic E-state index is 12.5. The van der Waals surface area contributed by atoms with Crippen LogP contribution in [0.3, 0.4) is 0 Å². The molecule has 0 aliphatic heterocycles. The number of carbonyl (C=O) groups is 1. The zero-order valence-corrected chi connectivity index (χ0v) is 15.3. The second kappa shape index (κ2) is 7.14. The summed E-state index contributed by atoms with van der Waals surface area (Å²) in [4.78, 5) is 14.2. The van der Waals surface area contributed by atoms with Crippen molar-refractivity contribution >= 4 is 28.1 Å². The molecule has 1 aromatic heterocycles. The smallest absolute Gasteiger partial charge is 0.353 e. The van der Waals surface area contributed by atoms with Crippen LogP contribution in [0, 0.1) is 0 Å². The minimum absolute atomic E-state index is 0.303. The van der Waals surface area contributed by atoms with Gasteiger partial charge in [-0.25, -0.2) is 4.79 Å². The molecule has 0 aliphatic rings. The standard InChI is InChI=1S/C23H18O2S/c1-2-16-7-5-6-10-20(16)25-23(24)22-14-13-21(26-22)19-12-11-17-8-3-4-9-18(17)15-19/h3-15H,2H2,1H3. The number of benzene rings is 3. The van der Waals surface area contributed by atoms with E-state index in [1.807, 2.05) is 48.5 Å². The lowest BCUT2D eigenvalue weighted by molar-refractivity contribution is 0.0738. The number of rotatable bonds is 4. The van der Waals surface area contributed by atoms with Crippen molar-refractivity contribution < 1.29 is 9.53 Å². The lowest BCUT2D eigenvalue weighted by Gasteiger charge is -2.07. The molecule has 0 amide bonds. The minimum Gasteiger partial charge on any atom is -0.422 e. The first-order valence-corrected chi connectivity index (χ1v) is 9.45. The Morgan fingerprint density at radius 1 is 0.885 bits per heavy atom. The Bertz CT molecular complexity index is 1080. The number of esters is 1. The van der Waals surface area contributed by atoms with Crippen molar-refractivity contribution in [3.05, 3.63) is 89.3 Å². The Labute approximate surface area is 156 Å². The van der Waals surface area contributed by atoms with E-state index >= 15 is 0 Å². The van der Waals surface area contributed by atoms with Gasteiger partial charge in [0, 0.05) is 4.88 Å². The van der Waals surface area contributed by atoms with E-state index in [1.54, 1.807) is 0 Å². The highest BCUT2D eigenvalue weighted by atomic mass is 32.1. The van der Waals surface area contributed by atoms with Gasteiger partial charge in [0.25, 0.3) is 0 Å². The van der Waals surface area contributed by atoms with Crippen molar-refractivity contribution in [2.45, 2.75) is 13.3 Å². The van der Waals surface area contributed by atoms with Crippen molar-refractivity contribution in [3.8, 4) is 16.2 Å². The van der Waals surface area contributed by atoms with Crippen LogP contribution in [0.25, 0.3) is 21.2 Å². The molecular weight excluding hydrogens is 340 g/mol. The average Bonchev–Trinajstić information content (AvgIpc) is 3.18. The van der Waals surface area contributed by atoms with E-state index in [2.05, 4.69) is 37.3 Å². The Balaban J connectivity index is 1.59. The van der Waals surface area contributed by atoms with Crippen molar-refractivity contribution in [2.24, 2.45) is 0 Å². The second-order valence-corrected chi connectivity index (χ2v) is 7.16. The van der Waals surface area contributed by atoms with Crippen LogP contribution in [0.5, 0.6) is 5.75 Å². The topological polar surface area (TPSA) is 26.3 Å². The summed E-state index contributed by atoms with van der Waals surface area (Å²) in [5.41, 5.74) is 2.15. The van der Waals surface area contributed by atoms with E-state index in [9.17, 15) is 4.79 Å². The lowest BCUT2D eigenvalue weighted by atomic mass is 10.1. The maximum atomic E-state index is 12.5. The summed E-state index contributed by atoms with van der Waals surface area (Å²) in [6, 6.07) is 26.1. The van der Waals surface area contributed by atoms with E-state index in [4.69, 9.17) is 4.74 Å². The third-order valence-corrected chi connectivity index (χ3v) is 5.51. The van der Waals surface area contributed by atoms with Crippen LogP contribution in [0.1, 0.15) is 22.2 Å². The average molecular weight is 358 g/mol. The molecule has 0 unspecified atom stereocenters. The minimum atomic E-state index is -0.303. The molecule has 0 bridgehead atoms. The van der Waals surface area contributed by atoms with Gasteiger partial charge in [0.2, 0.25) is 0 Å². The first-order valence-electron chi connectivity index (χ1n) is 8.63. The summed E-state index contributed by atoms with van der Waals surface area (Å²) in [5.74, 6) is 0.337. The van der Waals surface area contributed by atoms with Gasteiger partial charge < -0.3 is 4.74 Å². The number of para-hydroxylation sites is 1. The van der Waals surface area contributed by atoms with Gasteiger partial charge >= 0.3 is 5.97 Å². The highest BCUT2D eigenvalue weighted by Crippen LogP contribution is 2.31. The summed E-state index contributed by atoms with van der Waals surface area (Å²) >= 11 is 1.46. The van der Waals surface area contributed by atoms with Crippen LogP contribution in [-0.2, 0) is 6.42 Å². The summed E-state index contributed by atoms with van der Waals surface area (Å²) < 4.78 is 5.61. The molecule has 0 aliphatic carbocycles. The van der Waals surface area contributed by atoms with E-state index in [1.165, 1.54) is 22.1 Å². The first kappa shape index (κ1) is 16.6. The molecule has 0 radical (unpaired) electrons. The highest BCUT2D eigenvalue weighted by Gasteiger charge is 2.14. The molecule has 0 spiro atoms. The summed E-state index contributed by atoms with van der Waals surface area (Å²) in [6.07, 6.45) is 0.830. The summed E-state index contributed by atoms with van der Waals surface area (Å²) in [7, 11) is 0. The van der Waals surface area contributed by atoms with Crippen molar-refractivity contribution in [2.75, 3.05) is 0 Å². The normalized spacial score (nSPS) is 10.8. The van der Waals surface area contributed by atoms with Crippen LogP contribution in [0.2, 0.25) is 0 Å². The molecular formula is C23H18O2S. The van der Waals surface area contributed by atoms with Gasteiger partial charge in [0.1, 0.15) is 10.6 Å². The van der Waals surface area contributed by atoms with Crippen molar-refractivity contribution in [3.63, 3.8) is 0 Å². The molecule has 0 saturated heterocycles. The summed E-state index contributed by atoms with van der Waals surface area (Å²) in [5, 5.41) is 2.41. The second-order valence-electron chi connectivity index (χ2n) is 6.08. The Kier molecular flexibility index (Phi) is 4.55. The molecule has 2 nitrogen and oxygen atoms in total. The van der Waals surface area contributed by atoms with E-state index in [-0.39, 0.29) is 5.97 Å². The third kappa shape index (κ3) is 3.26. The fraction of sp³-hybridized carbons (Fsp3) is 0.0870. The third-order valence-electron chi connectivity index (χ3n) is 4.40. The highest BCUT2D eigenvalue weighted by molar-refractivity contribution is 7.17. The molecule has 4 aromatic rings. The zero-order valence-electron chi connectivity index (χ0n) is 14.4. The molecule has 0 fully saturated rings. The van der Waals surface area contributed by atoms with Crippen LogP contribution in [-0.4, -0.2) is 5.97 Å². The lowest BCUT2D eigenvalue weighted by Crippen LogP contribution is -2.07. The van der Waals surface area contributed by atoms with Gasteiger partial charge in [-0.15, -0.1) is 11.3 Å². The van der Waals surface area contributed by atoms with Gasteiger partial charge in [-0.3, -0.25) is 0 Å². The molecule has 1 heterocycles. The number of hydrogen-bond acceptors (Lipinski definition) is 3. The number of ether oxygens (including phenoxy) is 1. The number of carbonyl (C=O) groups excluding carboxylic acids is 1. The van der Waals surface area contributed by atoms with Crippen LogP contribution in [0.4, 0.5) is 0 Å². The predicted octanol–water partition coefficient (Wildman–Crippen LogP) is 6.35. The SMILES string of the molecule is CCc1ccccc1OC(=O)c1ccc(-c2ccc3ccccc3c2)s1. The van der Waals surface area contributed by atoms with Gasteiger partial charge in [0.15, 0.2) is 0 Å². The molecule has 4 rings (SSSR count). The molecule has 128 valence electrons. The van der Waals surface area contributed by atoms with E-state index < -0.39 is 0 Å². The fourth-order valence-electron chi connectivity index (χ4n) is 2.99. The molecule has 0 N–H and O–H groups in total. The molecule has 3 aromatic carbocycles. The first-order chi connectivity index (χ1) is 12.7. The number of hydrogen-bond donors (Lipinski definition) is 0. The van der Waals surface area contributed by atoms with Crippen LogP contribution < -0.4 is 4.74 Å². The Hall–Kier alpha value is -2.91. The quantitative estimate of drug-likeness (QED) is 0.314. The zero-order chi connectivity index (χ0) is 17.9. The fourth-order valence-corrected chi connectivity index (χ4v) is 3.87. The Morgan fingerprint density at radius 3 is 2.50 bits per heavy atom. The molecule has 26 heavy (non-hydrogen) atoms.